The molecule has 1 aliphatic carbocycles. The Morgan fingerprint density at radius 2 is 1.93 bits per heavy atom. The van der Waals surface area contributed by atoms with Crippen molar-refractivity contribution in [3.8, 4) is 5.75 Å². The third-order valence-corrected chi connectivity index (χ3v) is 4.15. The standard InChI is InChI=1S/C10H13NO3S/c12-9-6-1-2-7-10(9)15(13,14)11-8-4-3-5-8/h1-2,6-8,11-12H,3-5H2. The first-order valence-corrected chi connectivity index (χ1v) is 6.38. The number of aromatic hydroxyl groups is 1. The van der Waals surface area contributed by atoms with E-state index in [1.54, 1.807) is 12.1 Å². The first kappa shape index (κ1) is 10.4. The van der Waals surface area contributed by atoms with Crippen LogP contribution in [-0.4, -0.2) is 19.6 Å². The van der Waals surface area contributed by atoms with E-state index in [1.165, 1.54) is 12.1 Å². The van der Waals surface area contributed by atoms with E-state index in [0.717, 1.165) is 19.3 Å². The summed E-state index contributed by atoms with van der Waals surface area (Å²) in [6.07, 6.45) is 2.83. The highest BCUT2D eigenvalue weighted by Crippen LogP contribution is 2.25. The van der Waals surface area contributed by atoms with Crippen LogP contribution in [0.2, 0.25) is 0 Å². The molecule has 0 saturated heterocycles. The zero-order valence-electron chi connectivity index (χ0n) is 8.18. The first-order chi connectivity index (χ1) is 7.09. The molecule has 5 heteroatoms. The maximum absolute atomic E-state index is 11.8. The Hall–Kier alpha value is -1.07. The molecule has 0 atom stereocenters. The van der Waals surface area contributed by atoms with Gasteiger partial charge in [0.15, 0.2) is 0 Å². The van der Waals surface area contributed by atoms with Gasteiger partial charge >= 0.3 is 0 Å². The van der Waals surface area contributed by atoms with E-state index in [2.05, 4.69) is 4.72 Å². The predicted molar refractivity (Wildman–Crippen MR) is 56.1 cm³/mol. The molecular formula is C10H13NO3S. The summed E-state index contributed by atoms with van der Waals surface area (Å²) in [5.41, 5.74) is 0. The molecule has 2 rings (SSSR count). The lowest BCUT2D eigenvalue weighted by molar-refractivity contribution is 0.382. The number of benzene rings is 1. The van der Waals surface area contributed by atoms with Crippen LogP contribution in [0.3, 0.4) is 0 Å². The summed E-state index contributed by atoms with van der Waals surface area (Å²) < 4.78 is 26.1. The molecule has 0 radical (unpaired) electrons. The quantitative estimate of drug-likeness (QED) is 0.816. The molecule has 82 valence electrons. The van der Waals surface area contributed by atoms with Gasteiger partial charge in [-0.05, 0) is 25.0 Å². The van der Waals surface area contributed by atoms with E-state index in [9.17, 15) is 13.5 Å². The Kier molecular flexibility index (Phi) is 2.67. The van der Waals surface area contributed by atoms with Crippen molar-refractivity contribution >= 4 is 10.0 Å². The van der Waals surface area contributed by atoms with E-state index in [0.29, 0.717) is 0 Å². The maximum Gasteiger partial charge on any atom is 0.244 e. The first-order valence-electron chi connectivity index (χ1n) is 4.90. The molecule has 0 aromatic heterocycles. The monoisotopic (exact) mass is 227 g/mol. The Morgan fingerprint density at radius 1 is 1.27 bits per heavy atom. The minimum absolute atomic E-state index is 0.0367. The van der Waals surface area contributed by atoms with Crippen LogP contribution in [0.15, 0.2) is 29.2 Å². The molecule has 1 aromatic carbocycles. The molecule has 0 bridgehead atoms. The number of para-hydroxylation sites is 1. The lowest BCUT2D eigenvalue weighted by Crippen LogP contribution is -2.39. The second-order valence-corrected chi connectivity index (χ2v) is 5.40. The number of nitrogens with one attached hydrogen (secondary N) is 1. The van der Waals surface area contributed by atoms with E-state index in [4.69, 9.17) is 0 Å². The van der Waals surface area contributed by atoms with E-state index in [1.807, 2.05) is 0 Å². The Balaban J connectivity index is 2.24. The summed E-state index contributed by atoms with van der Waals surface area (Å²) >= 11 is 0. The van der Waals surface area contributed by atoms with Crippen molar-refractivity contribution in [2.45, 2.75) is 30.2 Å². The van der Waals surface area contributed by atoms with Gasteiger partial charge in [0.25, 0.3) is 0 Å². The molecule has 0 spiro atoms. The minimum atomic E-state index is -3.55. The molecule has 0 amide bonds. The van der Waals surface area contributed by atoms with Gasteiger partial charge < -0.3 is 5.11 Å². The third-order valence-electron chi connectivity index (χ3n) is 2.58. The normalized spacial score (nSPS) is 17.3. The highest BCUT2D eigenvalue weighted by atomic mass is 32.2. The molecular weight excluding hydrogens is 214 g/mol. The summed E-state index contributed by atoms with van der Waals surface area (Å²) in [4.78, 5) is -0.0445. The zero-order valence-corrected chi connectivity index (χ0v) is 9.00. The molecule has 0 heterocycles. The smallest absolute Gasteiger partial charge is 0.244 e. The molecule has 0 unspecified atom stereocenters. The molecule has 0 aliphatic heterocycles. The van der Waals surface area contributed by atoms with Crippen LogP contribution in [0.5, 0.6) is 5.75 Å². The third kappa shape index (κ3) is 2.13. The number of hydrogen-bond acceptors (Lipinski definition) is 3. The highest BCUT2D eigenvalue weighted by Gasteiger charge is 2.26. The molecule has 1 aromatic rings. The second-order valence-electron chi connectivity index (χ2n) is 3.72. The van der Waals surface area contributed by atoms with Crippen molar-refractivity contribution < 1.29 is 13.5 Å². The van der Waals surface area contributed by atoms with Gasteiger partial charge in [-0.25, -0.2) is 13.1 Å². The molecule has 1 aliphatic rings. The number of hydrogen-bond donors (Lipinski definition) is 2. The SMILES string of the molecule is O=S(=O)(NC1CCC1)c1ccccc1O. The van der Waals surface area contributed by atoms with Gasteiger partial charge in [0.2, 0.25) is 10.0 Å². The fourth-order valence-corrected chi connectivity index (χ4v) is 2.90. The topological polar surface area (TPSA) is 66.4 Å². The van der Waals surface area contributed by atoms with Gasteiger partial charge in [-0.1, -0.05) is 18.6 Å². The van der Waals surface area contributed by atoms with E-state index < -0.39 is 10.0 Å². The number of phenols is 1. The predicted octanol–water partition coefficient (Wildman–Crippen LogP) is 1.22. The average molecular weight is 227 g/mol. The number of rotatable bonds is 3. The maximum atomic E-state index is 11.8. The van der Waals surface area contributed by atoms with Crippen LogP contribution in [0, 0.1) is 0 Å². The van der Waals surface area contributed by atoms with Crippen LogP contribution >= 0.6 is 0 Å². The Labute approximate surface area is 89.0 Å². The van der Waals surface area contributed by atoms with Crippen LogP contribution in [0.1, 0.15) is 19.3 Å². The van der Waals surface area contributed by atoms with Crippen molar-refractivity contribution in [1.82, 2.24) is 4.72 Å². The summed E-state index contributed by atoms with van der Waals surface area (Å²) in [5, 5.41) is 9.43. The van der Waals surface area contributed by atoms with Crippen molar-refractivity contribution in [2.24, 2.45) is 0 Å². The van der Waals surface area contributed by atoms with Crippen molar-refractivity contribution in [3.05, 3.63) is 24.3 Å². The van der Waals surface area contributed by atoms with Crippen molar-refractivity contribution in [2.75, 3.05) is 0 Å². The summed E-state index contributed by atoms with van der Waals surface area (Å²) in [5.74, 6) is -0.204. The van der Waals surface area contributed by atoms with E-state index >= 15 is 0 Å². The van der Waals surface area contributed by atoms with Gasteiger partial charge in [0.1, 0.15) is 10.6 Å². The lowest BCUT2D eigenvalue weighted by atomic mass is 9.94. The number of sulfonamides is 1. The number of phenolic OH excluding ortho intramolecular Hbond substituents is 1. The minimum Gasteiger partial charge on any atom is -0.507 e. The van der Waals surface area contributed by atoms with Gasteiger partial charge in [-0.3, -0.25) is 0 Å². The summed E-state index contributed by atoms with van der Waals surface area (Å²) in [6, 6.07) is 5.99. The second kappa shape index (κ2) is 3.83. The van der Waals surface area contributed by atoms with Crippen molar-refractivity contribution in [3.63, 3.8) is 0 Å². The molecule has 1 saturated carbocycles. The zero-order chi connectivity index (χ0) is 10.9. The van der Waals surface area contributed by atoms with Gasteiger partial charge in [-0.15, -0.1) is 0 Å². The molecule has 2 N–H and O–H groups in total. The highest BCUT2D eigenvalue weighted by molar-refractivity contribution is 7.89. The fourth-order valence-electron chi connectivity index (χ4n) is 1.49. The van der Waals surface area contributed by atoms with Crippen molar-refractivity contribution in [1.29, 1.82) is 0 Å². The Morgan fingerprint density at radius 3 is 2.47 bits per heavy atom. The van der Waals surface area contributed by atoms with Gasteiger partial charge in [0.05, 0.1) is 0 Å². The largest absolute Gasteiger partial charge is 0.507 e. The molecule has 4 nitrogen and oxygen atoms in total. The van der Waals surface area contributed by atoms with Crippen LogP contribution in [0.4, 0.5) is 0 Å². The molecule has 1 fully saturated rings. The lowest BCUT2D eigenvalue weighted by Gasteiger charge is -2.26. The average Bonchev–Trinajstić information content (AvgIpc) is 2.12. The van der Waals surface area contributed by atoms with Crippen LogP contribution in [0.25, 0.3) is 0 Å². The van der Waals surface area contributed by atoms with Crippen LogP contribution < -0.4 is 4.72 Å². The molecule has 15 heavy (non-hydrogen) atoms. The summed E-state index contributed by atoms with van der Waals surface area (Å²) in [6.45, 7) is 0. The fraction of sp³-hybridized carbons (Fsp3) is 0.400. The van der Waals surface area contributed by atoms with E-state index in [-0.39, 0.29) is 16.7 Å². The summed E-state index contributed by atoms with van der Waals surface area (Å²) in [7, 11) is -3.55. The van der Waals surface area contributed by atoms with Gasteiger partial charge in [0, 0.05) is 6.04 Å². The van der Waals surface area contributed by atoms with Gasteiger partial charge in [-0.2, -0.15) is 0 Å². The Bertz CT molecular complexity index is 451. The van der Waals surface area contributed by atoms with Crippen LogP contribution in [-0.2, 0) is 10.0 Å².